The molecular weight excluding hydrogens is 440 g/mol. The van der Waals surface area contributed by atoms with Crippen LogP contribution in [0.4, 0.5) is 0 Å². The molecule has 0 saturated carbocycles. The number of carbonyl (C=O) groups is 2. The molecule has 0 aliphatic carbocycles. The van der Waals surface area contributed by atoms with Crippen LogP contribution in [0.25, 0.3) is 0 Å². The fourth-order valence-electron chi connectivity index (χ4n) is 1.79. The van der Waals surface area contributed by atoms with Gasteiger partial charge in [-0.05, 0) is 18.1 Å². The highest BCUT2D eigenvalue weighted by molar-refractivity contribution is 8.76. The van der Waals surface area contributed by atoms with Crippen molar-refractivity contribution in [1.82, 2.24) is 0 Å². The summed E-state index contributed by atoms with van der Waals surface area (Å²) in [6.07, 6.45) is 10.4. The van der Waals surface area contributed by atoms with Gasteiger partial charge in [-0.15, -0.1) is 12.8 Å². The Kier molecular flexibility index (Phi) is 12.8. The van der Waals surface area contributed by atoms with Crippen molar-refractivity contribution in [3.05, 3.63) is 0 Å². The fraction of sp³-hybridized carbons (Fsp3) is 0.714. The zero-order chi connectivity index (χ0) is 23.4. The Hall–Kier alpha value is -1.10. The van der Waals surface area contributed by atoms with Crippen molar-refractivity contribution in [3.8, 4) is 24.7 Å². The average Bonchev–Trinajstić information content (AvgIpc) is 2.65. The molecule has 0 bridgehead atoms. The lowest BCUT2D eigenvalue weighted by Gasteiger charge is -2.39. The van der Waals surface area contributed by atoms with Gasteiger partial charge in [-0.2, -0.15) is 0 Å². The molecule has 0 saturated heterocycles. The minimum atomic E-state index is -2.30. The molecule has 170 valence electrons. The summed E-state index contributed by atoms with van der Waals surface area (Å²) in [5, 5.41) is 0.279. The molecule has 0 amide bonds. The van der Waals surface area contributed by atoms with Crippen molar-refractivity contribution in [1.29, 1.82) is 0 Å². The number of ether oxygens (including phenoxy) is 3. The first-order valence-electron chi connectivity index (χ1n) is 9.55. The molecule has 30 heavy (non-hydrogen) atoms. The number of hydrogen-bond donors (Lipinski definition) is 0. The number of carbonyl (C=O) groups excluding carboxylic acids is 2. The first-order valence-corrected chi connectivity index (χ1v) is 14.8. The Morgan fingerprint density at radius 3 is 1.90 bits per heavy atom. The van der Waals surface area contributed by atoms with E-state index in [4.69, 9.17) is 31.5 Å². The van der Waals surface area contributed by atoms with Crippen LogP contribution in [-0.2, 0) is 28.2 Å². The van der Waals surface area contributed by atoms with E-state index in [0.29, 0.717) is 5.25 Å². The molecule has 6 nitrogen and oxygen atoms in total. The van der Waals surface area contributed by atoms with Gasteiger partial charge in [0.1, 0.15) is 5.94 Å². The molecule has 0 fully saturated rings. The Balaban J connectivity index is 5.73. The van der Waals surface area contributed by atoms with Crippen LogP contribution in [0.15, 0.2) is 0 Å². The molecule has 0 rings (SSSR count). The first-order chi connectivity index (χ1) is 13.8. The zero-order valence-corrected chi connectivity index (χ0v) is 21.7. The maximum absolute atomic E-state index is 12.9. The second-order valence-electron chi connectivity index (χ2n) is 8.42. The number of esters is 2. The standard InChI is InChI=1S/C21H34O6S2Si/c1-10-12-25-18(22)21(19(23)26-13-11-2,14-24-16-28-29-17(3)4)15-27-30(8,9)20(5,6)7/h1-2,17H,12-16H2,3-9H3. The number of hydrogen-bond acceptors (Lipinski definition) is 8. The Morgan fingerprint density at radius 1 is 1.00 bits per heavy atom. The van der Waals surface area contributed by atoms with E-state index >= 15 is 0 Å². The van der Waals surface area contributed by atoms with Crippen molar-refractivity contribution in [2.75, 3.05) is 32.4 Å². The quantitative estimate of drug-likeness (QED) is 0.0751. The van der Waals surface area contributed by atoms with Crippen LogP contribution in [0.1, 0.15) is 34.6 Å². The minimum Gasteiger partial charge on any atom is -0.452 e. The summed E-state index contributed by atoms with van der Waals surface area (Å²) in [5.41, 5.74) is -1.81. The summed E-state index contributed by atoms with van der Waals surface area (Å²) < 4.78 is 22.1. The molecular formula is C21H34O6S2Si. The lowest BCUT2D eigenvalue weighted by atomic mass is 9.90. The predicted octanol–water partition coefficient (Wildman–Crippen LogP) is 4.11. The third-order valence-corrected chi connectivity index (χ3v) is 11.7. The topological polar surface area (TPSA) is 71.1 Å². The van der Waals surface area contributed by atoms with Crippen molar-refractivity contribution in [2.24, 2.45) is 5.41 Å². The summed E-state index contributed by atoms with van der Waals surface area (Å²) in [7, 11) is 0.812. The Morgan fingerprint density at radius 2 is 1.50 bits per heavy atom. The van der Waals surface area contributed by atoms with Gasteiger partial charge in [0.2, 0.25) is 5.41 Å². The van der Waals surface area contributed by atoms with Gasteiger partial charge in [-0.25, -0.2) is 0 Å². The van der Waals surface area contributed by atoms with Crippen LogP contribution in [0.5, 0.6) is 0 Å². The van der Waals surface area contributed by atoms with Crippen molar-refractivity contribution in [2.45, 2.75) is 58.0 Å². The minimum absolute atomic E-state index is 0.130. The van der Waals surface area contributed by atoms with E-state index in [1.54, 1.807) is 10.8 Å². The van der Waals surface area contributed by atoms with Gasteiger partial charge in [0.15, 0.2) is 21.5 Å². The van der Waals surface area contributed by atoms with Crippen LogP contribution < -0.4 is 0 Å². The van der Waals surface area contributed by atoms with E-state index in [2.05, 4.69) is 46.5 Å². The molecule has 9 heteroatoms. The molecule has 0 spiro atoms. The molecule has 0 unspecified atom stereocenters. The summed E-state index contributed by atoms with van der Waals surface area (Å²) in [4.78, 5) is 25.9. The normalized spacial score (nSPS) is 12.2. The largest absolute Gasteiger partial charge is 0.452 e. The Bertz CT molecular complexity index is 613. The van der Waals surface area contributed by atoms with E-state index in [1.807, 2.05) is 13.1 Å². The van der Waals surface area contributed by atoms with E-state index in [-0.39, 0.29) is 37.4 Å². The van der Waals surface area contributed by atoms with Crippen LogP contribution >= 0.6 is 21.6 Å². The highest BCUT2D eigenvalue weighted by atomic mass is 33.1. The van der Waals surface area contributed by atoms with Gasteiger partial charge >= 0.3 is 11.9 Å². The zero-order valence-electron chi connectivity index (χ0n) is 19.0. The fourth-order valence-corrected chi connectivity index (χ4v) is 4.49. The third-order valence-electron chi connectivity index (χ3n) is 4.58. The highest BCUT2D eigenvalue weighted by Crippen LogP contribution is 2.38. The van der Waals surface area contributed by atoms with Gasteiger partial charge in [0.25, 0.3) is 0 Å². The molecule has 0 heterocycles. The third kappa shape index (κ3) is 9.36. The van der Waals surface area contributed by atoms with Gasteiger partial charge in [-0.3, -0.25) is 9.59 Å². The lowest BCUT2D eigenvalue weighted by molar-refractivity contribution is -0.178. The first kappa shape index (κ1) is 28.9. The number of terminal acetylenes is 2. The average molecular weight is 475 g/mol. The van der Waals surface area contributed by atoms with Crippen LogP contribution in [-0.4, -0.2) is 57.9 Å². The van der Waals surface area contributed by atoms with Gasteiger partial charge in [-0.1, -0.05) is 68.0 Å². The molecule has 0 aliphatic heterocycles. The highest BCUT2D eigenvalue weighted by Gasteiger charge is 2.52. The summed E-state index contributed by atoms with van der Waals surface area (Å²) in [6, 6.07) is 0. The van der Waals surface area contributed by atoms with Crippen molar-refractivity contribution >= 4 is 41.8 Å². The Labute approximate surface area is 190 Å². The van der Waals surface area contributed by atoms with Gasteiger partial charge in [0, 0.05) is 5.25 Å². The molecule has 0 aromatic carbocycles. The SMILES string of the molecule is C#CCOC(=O)C(COCSSC(C)C)(CO[Si](C)(C)C(C)(C)C)C(=O)OCC#C. The molecule has 0 aliphatic rings. The van der Waals surface area contributed by atoms with E-state index in [9.17, 15) is 9.59 Å². The summed E-state index contributed by atoms with van der Waals surface area (Å²) >= 11 is 0. The molecule has 0 radical (unpaired) electrons. The van der Waals surface area contributed by atoms with Crippen LogP contribution in [0.2, 0.25) is 18.1 Å². The van der Waals surface area contributed by atoms with E-state index < -0.39 is 25.7 Å². The maximum atomic E-state index is 12.9. The predicted molar refractivity (Wildman–Crippen MR) is 126 cm³/mol. The summed E-state index contributed by atoms with van der Waals surface area (Å²) in [6.45, 7) is 13.3. The molecule has 0 aromatic heterocycles. The molecule has 0 atom stereocenters. The lowest BCUT2D eigenvalue weighted by Crippen LogP contribution is -2.53. The smallest absolute Gasteiger partial charge is 0.329 e. The van der Waals surface area contributed by atoms with E-state index in [1.165, 1.54) is 10.8 Å². The number of rotatable bonds is 13. The van der Waals surface area contributed by atoms with Crippen LogP contribution in [0, 0.1) is 30.1 Å². The second-order valence-corrected chi connectivity index (χ2v) is 16.1. The molecule has 0 aromatic rings. The van der Waals surface area contributed by atoms with Gasteiger partial charge in [0.05, 0.1) is 13.2 Å². The van der Waals surface area contributed by atoms with Gasteiger partial charge < -0.3 is 18.6 Å². The monoisotopic (exact) mass is 474 g/mol. The van der Waals surface area contributed by atoms with Crippen LogP contribution in [0.3, 0.4) is 0 Å². The molecule has 0 N–H and O–H groups in total. The van der Waals surface area contributed by atoms with E-state index in [0.717, 1.165) is 0 Å². The van der Waals surface area contributed by atoms with Crippen molar-refractivity contribution in [3.63, 3.8) is 0 Å². The second kappa shape index (κ2) is 13.3. The maximum Gasteiger partial charge on any atom is 0.329 e. The van der Waals surface area contributed by atoms with Crippen molar-refractivity contribution < 1.29 is 28.2 Å². The summed E-state index contributed by atoms with van der Waals surface area (Å²) in [5.74, 6) is 3.04.